The van der Waals surface area contributed by atoms with Crippen molar-refractivity contribution in [3.63, 3.8) is 0 Å². The molecule has 0 unspecified atom stereocenters. The molecular formula is C50H60Cl2N4Zr2-2. The molecule has 0 spiro atoms. The Morgan fingerprint density at radius 1 is 0.483 bits per heavy atom. The molecule has 0 aromatic heterocycles. The Bertz CT molecular complexity index is 1770. The van der Waals surface area contributed by atoms with Gasteiger partial charge in [0.25, 0.3) is 0 Å². The van der Waals surface area contributed by atoms with Crippen molar-refractivity contribution < 1.29 is 73.3 Å². The maximum absolute atomic E-state index is 3.53. The van der Waals surface area contributed by atoms with Crippen LogP contribution in [-0.2, 0) is 61.3 Å². The molecule has 0 fully saturated rings. The van der Waals surface area contributed by atoms with E-state index >= 15 is 0 Å². The Morgan fingerprint density at radius 3 is 1.05 bits per heavy atom. The molecule has 0 atom stereocenters. The number of anilines is 4. The smallest absolute Gasteiger partial charge is 0.109 e. The number of hydrogen-bond acceptors (Lipinski definition) is 4. The number of rotatable bonds is 4. The van der Waals surface area contributed by atoms with Gasteiger partial charge in [-0.05, 0) is 48.2 Å². The molecule has 4 aliphatic carbocycles. The number of allylic oxidation sites excluding steroid dienone is 8. The molecule has 8 heteroatoms. The molecule has 304 valence electrons. The van der Waals surface area contributed by atoms with E-state index in [1.165, 1.54) is 62.3 Å². The molecule has 0 heterocycles. The normalized spacial score (nSPS) is 11.9. The second-order valence-corrected chi connectivity index (χ2v) is 20.0. The van der Waals surface area contributed by atoms with Crippen LogP contribution in [0.2, 0.25) is 0 Å². The third-order valence-corrected chi connectivity index (χ3v) is 8.68. The first kappa shape index (κ1) is 53.1. The molecule has 0 aliphatic heterocycles. The van der Waals surface area contributed by atoms with Gasteiger partial charge in [-0.2, -0.15) is 36.4 Å². The van der Waals surface area contributed by atoms with Crippen LogP contribution in [0, 0.1) is 24.3 Å². The van der Waals surface area contributed by atoms with Gasteiger partial charge < -0.3 is 44.4 Å². The summed E-state index contributed by atoms with van der Waals surface area (Å²) in [5, 5.41) is 0. The van der Waals surface area contributed by atoms with E-state index in [2.05, 4.69) is 201 Å². The number of benzene rings is 4. The van der Waals surface area contributed by atoms with E-state index in [4.69, 9.17) is 0 Å². The van der Waals surface area contributed by atoms with E-state index in [1.807, 2.05) is 24.3 Å². The zero-order valence-corrected chi connectivity index (χ0v) is 43.0. The van der Waals surface area contributed by atoms with Crippen LogP contribution in [-0.4, -0.2) is 62.8 Å². The fraction of sp³-hybridized carbons (Fsp3) is 0.320. The summed E-state index contributed by atoms with van der Waals surface area (Å²) >= 11 is 3.11. The summed E-state index contributed by atoms with van der Waals surface area (Å²) in [5.41, 5.74) is 15.7. The summed E-state index contributed by atoms with van der Waals surface area (Å²) in [4.78, 5) is 8.51. The van der Waals surface area contributed by atoms with Crippen molar-refractivity contribution in [2.45, 2.75) is 53.4 Å². The summed E-state index contributed by atoms with van der Waals surface area (Å²) in [6.07, 6.45) is 22.0. The molecule has 4 aliphatic rings. The van der Waals surface area contributed by atoms with Gasteiger partial charge in [0.1, 0.15) is 0 Å². The van der Waals surface area contributed by atoms with Crippen LogP contribution in [0.5, 0.6) is 0 Å². The molecule has 0 saturated heterocycles. The van der Waals surface area contributed by atoms with Gasteiger partial charge >= 0.3 is 82.6 Å². The van der Waals surface area contributed by atoms with Gasteiger partial charge in [-0.15, -0.1) is 47.2 Å². The molecule has 0 radical (unpaired) electrons. The monoisotopic (exact) mass is 966 g/mol. The Balaban J connectivity index is 0.000000399. The fourth-order valence-electron chi connectivity index (χ4n) is 5.95. The maximum Gasteiger partial charge on any atom is -0.109 e. The topological polar surface area (TPSA) is 13.0 Å². The van der Waals surface area contributed by atoms with Crippen molar-refractivity contribution in [3.05, 3.63) is 144 Å². The molecule has 0 N–H and O–H groups in total. The third kappa shape index (κ3) is 17.4. The van der Waals surface area contributed by atoms with Crippen LogP contribution in [0.4, 0.5) is 22.7 Å². The minimum Gasteiger partial charge on any atom is -1.00 e. The van der Waals surface area contributed by atoms with E-state index in [9.17, 15) is 0 Å². The summed E-state index contributed by atoms with van der Waals surface area (Å²) < 4.78 is 3.01. The van der Waals surface area contributed by atoms with Crippen LogP contribution >= 0.6 is 0 Å². The average Bonchev–Trinajstić information content (AvgIpc) is 3.98. The summed E-state index contributed by atoms with van der Waals surface area (Å²) in [6, 6.07) is 29.2. The first-order chi connectivity index (χ1) is 26.6. The molecule has 4 nitrogen and oxygen atoms in total. The molecule has 0 bridgehead atoms. The summed E-state index contributed by atoms with van der Waals surface area (Å²) in [7, 11) is 16.6. The van der Waals surface area contributed by atoms with Crippen molar-refractivity contribution in [2.24, 2.45) is 0 Å². The van der Waals surface area contributed by atoms with Crippen LogP contribution in [0.15, 0.2) is 97.1 Å². The molecule has 4 aromatic carbocycles. The van der Waals surface area contributed by atoms with Gasteiger partial charge in [-0.3, -0.25) is 12.2 Å². The minimum atomic E-state index is 0. The van der Waals surface area contributed by atoms with E-state index in [0.29, 0.717) is 0 Å². The average molecular weight is 970 g/mol. The Hall–Kier alpha value is -2.87. The number of fused-ring (bicyclic) bond motifs is 6. The van der Waals surface area contributed by atoms with Crippen LogP contribution in [0.1, 0.15) is 62.8 Å². The molecule has 0 saturated carbocycles. The quantitative estimate of drug-likeness (QED) is 0.242. The first-order valence-electron chi connectivity index (χ1n) is 19.1. The minimum absolute atomic E-state index is 0. The molecule has 58 heavy (non-hydrogen) atoms. The second-order valence-electron chi connectivity index (χ2n) is 15.1. The third-order valence-electron chi connectivity index (χ3n) is 8.68. The standard InChI is InChI=1S/2C17H19N2.2C5H5.2C3H6.2ClH.2Zr/c2*1-18(2)14-5-7-16-12(10-14)9-13-11-15(19(3)4)6-8-17(13)16;2*1-2-4-5-3-1;2*1-3-2;;;;/h2*5-8,10H,9H2,1-4H3;2*1-3H,4H2;2*1-2H3;2*1H;;/q4*-1;;;;;2*+2/p-2. The van der Waals surface area contributed by atoms with E-state index in [-0.39, 0.29) is 24.8 Å². The van der Waals surface area contributed by atoms with Crippen molar-refractivity contribution >= 4 is 29.2 Å². The van der Waals surface area contributed by atoms with Gasteiger partial charge in [0.05, 0.1) is 0 Å². The van der Waals surface area contributed by atoms with Gasteiger partial charge in [0, 0.05) is 67.8 Å². The van der Waals surface area contributed by atoms with Crippen LogP contribution < -0.4 is 44.4 Å². The Labute approximate surface area is 394 Å². The van der Waals surface area contributed by atoms with Gasteiger partial charge in [0.15, 0.2) is 0 Å². The largest absolute Gasteiger partial charge is 1.00 e. The number of nitrogens with zero attached hydrogens (tertiary/aromatic N) is 4. The van der Waals surface area contributed by atoms with E-state index in [1.54, 1.807) is 48.5 Å². The maximum atomic E-state index is 3.53. The summed E-state index contributed by atoms with van der Waals surface area (Å²) in [6.45, 7) is 8.49. The first-order valence-corrected chi connectivity index (χ1v) is 21.6. The zero-order valence-electron chi connectivity index (χ0n) is 36.6. The van der Waals surface area contributed by atoms with Crippen molar-refractivity contribution in [2.75, 3.05) is 76.0 Å². The number of halogens is 2. The van der Waals surface area contributed by atoms with Crippen LogP contribution in [0.3, 0.4) is 0 Å². The van der Waals surface area contributed by atoms with Gasteiger partial charge in [0.2, 0.25) is 0 Å². The molecule has 8 rings (SSSR count). The fourth-order valence-corrected chi connectivity index (χ4v) is 5.95. The van der Waals surface area contributed by atoms with E-state index in [0.717, 1.165) is 37.1 Å². The second kappa shape index (κ2) is 27.1. The van der Waals surface area contributed by atoms with E-state index < -0.39 is 0 Å². The predicted octanol–water partition coefficient (Wildman–Crippen LogP) is 4.49. The summed E-state index contributed by atoms with van der Waals surface area (Å²) in [5.74, 6) is 0. The van der Waals surface area contributed by atoms with Crippen molar-refractivity contribution in [1.29, 1.82) is 0 Å². The Kier molecular flexibility index (Phi) is 24.8. The van der Waals surface area contributed by atoms with Gasteiger partial charge in [-0.1, -0.05) is 34.6 Å². The molecule has 4 aromatic rings. The molecule has 0 amide bonds. The zero-order chi connectivity index (χ0) is 41.4. The van der Waals surface area contributed by atoms with Crippen molar-refractivity contribution in [3.8, 4) is 22.3 Å². The van der Waals surface area contributed by atoms with Crippen molar-refractivity contribution in [1.82, 2.24) is 0 Å². The van der Waals surface area contributed by atoms with Gasteiger partial charge in [-0.25, -0.2) is 24.3 Å². The predicted molar refractivity (Wildman–Crippen MR) is 240 cm³/mol. The Morgan fingerprint density at radius 2 is 0.810 bits per heavy atom. The SMILES string of the molecule is CN(C)c1[c-]c2c(cc1)-c1ccc(N(C)C)cc1C2.CN(C)c1[c-]c2c(cc1)-c1ccc(N(C)C)cc1C2.C[C](C)=[Zr+2].C[C](C)=[Zr+2].[C-]1=CC=CC1.[C-]1=CC=CC1.[Cl-].[Cl-]. The van der Waals surface area contributed by atoms with Crippen LogP contribution in [0.25, 0.3) is 22.3 Å². The molecular weight excluding hydrogens is 910 g/mol. The number of hydrogen-bond donors (Lipinski definition) is 0.